The molecule has 1 saturated carbocycles. The molecule has 4 aromatic carbocycles. The monoisotopic (exact) mass is 744 g/mol. The highest BCUT2D eigenvalue weighted by Crippen LogP contribution is 2.51. The first kappa shape index (κ1) is 36.5. The van der Waals surface area contributed by atoms with Crippen LogP contribution in [0.15, 0.2) is 72.9 Å². The van der Waals surface area contributed by atoms with Crippen LogP contribution >= 0.6 is 0 Å². The van der Waals surface area contributed by atoms with Gasteiger partial charge in [0.2, 0.25) is 5.75 Å². The lowest BCUT2D eigenvalue weighted by atomic mass is 9.63. The number of benzene rings is 4. The molecule has 5 aromatic rings. The summed E-state index contributed by atoms with van der Waals surface area (Å²) in [4.78, 5) is 20.0. The number of anilines is 2. The van der Waals surface area contributed by atoms with Crippen molar-refractivity contribution < 1.29 is 39.8 Å². The summed E-state index contributed by atoms with van der Waals surface area (Å²) in [5.74, 6) is -0.358. The Bertz CT molecular complexity index is 2250. The van der Waals surface area contributed by atoms with E-state index in [0.29, 0.717) is 49.4 Å². The number of carbonyl (C=O) groups is 1. The Morgan fingerprint density at radius 3 is 2.58 bits per heavy atom. The first-order chi connectivity index (χ1) is 26.6. The molecule has 0 unspecified atom stereocenters. The molecule has 10 nitrogen and oxygen atoms in total. The topological polar surface area (TPSA) is 162 Å². The average Bonchev–Trinajstić information content (AvgIpc) is 3.68. The first-order valence-electron chi connectivity index (χ1n) is 19.4. The van der Waals surface area contributed by atoms with E-state index in [1.54, 1.807) is 30.5 Å². The van der Waals surface area contributed by atoms with Crippen LogP contribution in [0, 0.1) is 5.92 Å². The Hall–Kier alpha value is -5.48. The van der Waals surface area contributed by atoms with Crippen LogP contribution in [0.1, 0.15) is 85.1 Å². The molecule has 2 aliphatic heterocycles. The van der Waals surface area contributed by atoms with E-state index in [1.807, 2.05) is 36.4 Å². The maximum absolute atomic E-state index is 15.3. The molecule has 3 heterocycles. The Morgan fingerprint density at radius 2 is 1.76 bits per heavy atom. The number of carbonyl (C=O) groups excluding carboxylic acids is 1. The van der Waals surface area contributed by atoms with Gasteiger partial charge in [0, 0.05) is 29.3 Å². The van der Waals surface area contributed by atoms with E-state index in [1.165, 1.54) is 13.2 Å². The number of aryl methyl sites for hydroxylation is 2. The highest BCUT2D eigenvalue weighted by atomic mass is 16.5. The van der Waals surface area contributed by atoms with Gasteiger partial charge in [0.25, 0.3) is 0 Å². The van der Waals surface area contributed by atoms with Gasteiger partial charge in [-0.15, -0.1) is 0 Å². The van der Waals surface area contributed by atoms with Crippen LogP contribution in [0.3, 0.4) is 0 Å². The summed E-state index contributed by atoms with van der Waals surface area (Å²) in [7, 11) is 1.42. The predicted molar refractivity (Wildman–Crippen MR) is 210 cm³/mol. The number of phenolic OH excluding ortho intramolecular Hbond substituents is 4. The highest BCUT2D eigenvalue weighted by molar-refractivity contribution is 5.92. The molecule has 1 spiro atoms. The summed E-state index contributed by atoms with van der Waals surface area (Å²) < 4.78 is 11.3. The molecule has 6 N–H and O–H groups in total. The summed E-state index contributed by atoms with van der Waals surface area (Å²) in [6.45, 7) is 0.547. The van der Waals surface area contributed by atoms with E-state index in [0.717, 1.165) is 77.2 Å². The fraction of sp³-hybridized carbons (Fsp3) is 0.378. The molecule has 8 rings (SSSR count). The SMILES string of the molecule is COc1cc([C@H]2CCc3c(ccc4cc(O)ccc34)Nc3cc(ccn3)C3(CCCC3)[C@H]([C@H](O)CCc3ccc(O)c4c3CCCO4)C(=O)C2)cc(O)c1O. The van der Waals surface area contributed by atoms with Gasteiger partial charge in [0.1, 0.15) is 17.4 Å². The number of aromatic nitrogens is 1. The number of aliphatic hydroxyl groups excluding tert-OH is 1. The number of rotatable bonds is 6. The van der Waals surface area contributed by atoms with Crippen molar-refractivity contribution in [2.24, 2.45) is 5.92 Å². The lowest BCUT2D eigenvalue weighted by Crippen LogP contribution is -2.45. The van der Waals surface area contributed by atoms with E-state index in [-0.39, 0.29) is 41.0 Å². The number of ether oxygens (including phenoxy) is 2. The van der Waals surface area contributed by atoms with Gasteiger partial charge < -0.3 is 40.3 Å². The largest absolute Gasteiger partial charge is 0.508 e. The second kappa shape index (κ2) is 15.0. The second-order valence-electron chi connectivity index (χ2n) is 15.5. The molecule has 2 bridgehead atoms. The zero-order valence-corrected chi connectivity index (χ0v) is 31.1. The van der Waals surface area contributed by atoms with Crippen LogP contribution in [0.25, 0.3) is 10.8 Å². The van der Waals surface area contributed by atoms with Gasteiger partial charge in [-0.2, -0.15) is 0 Å². The van der Waals surface area contributed by atoms with Gasteiger partial charge >= 0.3 is 0 Å². The number of aliphatic hydroxyl groups is 1. The van der Waals surface area contributed by atoms with Crippen LogP contribution < -0.4 is 14.8 Å². The van der Waals surface area contributed by atoms with Gasteiger partial charge in [-0.25, -0.2) is 4.98 Å². The van der Waals surface area contributed by atoms with Crippen molar-refractivity contribution in [2.45, 2.75) is 88.1 Å². The van der Waals surface area contributed by atoms with E-state index in [2.05, 4.69) is 5.32 Å². The summed E-state index contributed by atoms with van der Waals surface area (Å²) in [5, 5.41) is 60.1. The second-order valence-corrected chi connectivity index (χ2v) is 15.5. The van der Waals surface area contributed by atoms with Crippen LogP contribution in [0.5, 0.6) is 34.5 Å². The van der Waals surface area contributed by atoms with Gasteiger partial charge in [-0.3, -0.25) is 4.79 Å². The third-order valence-corrected chi connectivity index (χ3v) is 12.4. The molecule has 0 radical (unpaired) electrons. The maximum Gasteiger partial charge on any atom is 0.200 e. The van der Waals surface area contributed by atoms with Gasteiger partial charge in [0.05, 0.1) is 25.7 Å². The molecule has 55 heavy (non-hydrogen) atoms. The molecule has 0 saturated heterocycles. The van der Waals surface area contributed by atoms with Crippen LogP contribution in [-0.2, 0) is 29.5 Å². The van der Waals surface area contributed by atoms with Crippen molar-refractivity contribution in [3.05, 3.63) is 101 Å². The molecular formula is C45H48N2O8. The minimum atomic E-state index is -0.980. The number of aromatic hydroxyl groups is 4. The van der Waals surface area contributed by atoms with Crippen molar-refractivity contribution >= 4 is 28.1 Å². The van der Waals surface area contributed by atoms with E-state index < -0.39 is 23.4 Å². The molecule has 1 aliphatic carbocycles. The number of phenols is 4. The fourth-order valence-electron chi connectivity index (χ4n) is 9.69. The highest BCUT2D eigenvalue weighted by Gasteiger charge is 2.49. The quantitative estimate of drug-likeness (QED) is 0.0935. The third-order valence-electron chi connectivity index (χ3n) is 12.4. The van der Waals surface area contributed by atoms with Gasteiger partial charge in [0.15, 0.2) is 23.0 Å². The Kier molecular flexibility index (Phi) is 9.94. The minimum absolute atomic E-state index is 0.0596. The van der Waals surface area contributed by atoms with Crippen LogP contribution in [0.2, 0.25) is 0 Å². The summed E-state index contributed by atoms with van der Waals surface area (Å²) in [6.07, 6.45) is 7.68. The number of hydrogen-bond donors (Lipinski definition) is 6. The van der Waals surface area contributed by atoms with E-state index >= 15 is 4.79 Å². The van der Waals surface area contributed by atoms with Gasteiger partial charge in [-0.05, 0) is 139 Å². The van der Waals surface area contributed by atoms with Crippen molar-refractivity contribution in [1.29, 1.82) is 0 Å². The summed E-state index contributed by atoms with van der Waals surface area (Å²) >= 11 is 0. The van der Waals surface area contributed by atoms with Crippen molar-refractivity contribution in [2.75, 3.05) is 19.0 Å². The Labute approximate surface area is 320 Å². The molecule has 3 aliphatic rings. The van der Waals surface area contributed by atoms with E-state index in [4.69, 9.17) is 14.5 Å². The summed E-state index contributed by atoms with van der Waals surface area (Å²) in [6, 6.07) is 20.0. The Morgan fingerprint density at radius 1 is 0.927 bits per heavy atom. The predicted octanol–water partition coefficient (Wildman–Crippen LogP) is 8.25. The molecule has 1 fully saturated rings. The molecule has 3 atom stereocenters. The smallest absolute Gasteiger partial charge is 0.200 e. The number of pyridine rings is 1. The normalized spacial score (nSPS) is 19.9. The molecular weight excluding hydrogens is 697 g/mol. The number of fused-ring (bicyclic) bond motifs is 7. The number of hydrogen-bond acceptors (Lipinski definition) is 10. The number of nitrogens with one attached hydrogen (secondary N) is 1. The summed E-state index contributed by atoms with van der Waals surface area (Å²) in [5.41, 5.74) is 4.77. The number of Topliss-reactive ketones (excluding diaryl/α,β-unsaturated/α-hetero) is 1. The van der Waals surface area contributed by atoms with Crippen molar-refractivity contribution in [1.82, 2.24) is 4.98 Å². The van der Waals surface area contributed by atoms with Crippen LogP contribution in [0.4, 0.5) is 11.5 Å². The molecule has 1 aromatic heterocycles. The average molecular weight is 745 g/mol. The third kappa shape index (κ3) is 6.88. The maximum atomic E-state index is 15.3. The standard InChI is InChI=1S/C45H48N2O8/c1-54-40-24-29(23-39(52)43(40)53)27-6-11-34-32-12-10-31(48)21-28(32)7-13-35(34)47-41-25-30(16-19-46-41)45(17-2-3-18-45)42(38(51)22-27)36(49)14-8-26-9-15-37(50)44-33(26)5-4-20-55-44/h7,9-10,12-13,15-16,19,21,23-25,27,36,42,48-50,52-53H,2-6,8,11,14,17-18,20,22H2,1H3,(H,46,47)/t27-,36+,42+/m0/s1. The number of ketones is 1. The zero-order chi connectivity index (χ0) is 38.3. The molecule has 0 amide bonds. The lowest BCUT2D eigenvalue weighted by molar-refractivity contribution is -0.130. The fourth-order valence-corrected chi connectivity index (χ4v) is 9.69. The zero-order valence-electron chi connectivity index (χ0n) is 31.1. The first-order valence-corrected chi connectivity index (χ1v) is 19.4. The van der Waals surface area contributed by atoms with Crippen molar-refractivity contribution in [3.8, 4) is 34.5 Å². The number of methoxy groups -OCH3 is 1. The van der Waals surface area contributed by atoms with E-state index in [9.17, 15) is 25.5 Å². The van der Waals surface area contributed by atoms with Crippen LogP contribution in [-0.4, -0.2) is 56.1 Å². The molecule has 10 heteroatoms. The number of nitrogens with zero attached hydrogens (tertiary/aromatic N) is 1. The Balaban J connectivity index is 1.24. The lowest BCUT2D eigenvalue weighted by Gasteiger charge is -2.41. The minimum Gasteiger partial charge on any atom is -0.508 e. The van der Waals surface area contributed by atoms with Crippen molar-refractivity contribution in [3.63, 3.8) is 0 Å². The van der Waals surface area contributed by atoms with Gasteiger partial charge in [-0.1, -0.05) is 31.0 Å². The molecule has 286 valence electrons.